The second-order valence-corrected chi connectivity index (χ2v) is 5.51. The van der Waals surface area contributed by atoms with Crippen LogP contribution in [0.25, 0.3) is 0 Å². The van der Waals surface area contributed by atoms with Gasteiger partial charge in [-0.2, -0.15) is 0 Å². The summed E-state index contributed by atoms with van der Waals surface area (Å²) in [5.74, 6) is 2.57. The Morgan fingerprint density at radius 2 is 1.81 bits per heavy atom. The summed E-state index contributed by atoms with van der Waals surface area (Å²) in [6.45, 7) is 22.4. The van der Waals surface area contributed by atoms with Gasteiger partial charge in [-0.3, -0.25) is 0 Å². The Kier molecular flexibility index (Phi) is 15.9. The normalized spacial score (nSPS) is 13.8. The van der Waals surface area contributed by atoms with Gasteiger partial charge in [0.15, 0.2) is 0 Å². The number of nitrogens with zero attached hydrogens (tertiary/aromatic N) is 1. The molecule has 0 fully saturated rings. The summed E-state index contributed by atoms with van der Waals surface area (Å²) >= 11 is 0. The Labute approximate surface area is 162 Å². The molecule has 0 aromatic heterocycles. The van der Waals surface area contributed by atoms with Crippen molar-refractivity contribution in [2.75, 3.05) is 0 Å². The molecule has 26 heavy (non-hydrogen) atoms. The van der Waals surface area contributed by atoms with E-state index in [1.807, 2.05) is 58.1 Å². The lowest BCUT2D eigenvalue weighted by molar-refractivity contribution is 0.333. The molecule has 0 aliphatic heterocycles. The van der Waals surface area contributed by atoms with Gasteiger partial charge >= 0.3 is 0 Å². The van der Waals surface area contributed by atoms with E-state index in [-0.39, 0.29) is 0 Å². The van der Waals surface area contributed by atoms with Gasteiger partial charge in [0.05, 0.1) is 0 Å². The minimum absolute atomic E-state index is 0.390. The van der Waals surface area contributed by atoms with Gasteiger partial charge in [0.25, 0.3) is 0 Å². The van der Waals surface area contributed by atoms with Crippen LogP contribution in [0.2, 0.25) is 0 Å². The van der Waals surface area contributed by atoms with Gasteiger partial charge in [0.2, 0.25) is 0 Å². The molecule has 0 N–H and O–H groups in total. The highest BCUT2D eigenvalue weighted by Gasteiger charge is 2.14. The van der Waals surface area contributed by atoms with Crippen LogP contribution in [0.1, 0.15) is 54.9 Å². The van der Waals surface area contributed by atoms with Gasteiger partial charge in [0, 0.05) is 17.4 Å². The summed E-state index contributed by atoms with van der Waals surface area (Å²) in [5, 5.41) is 0. The maximum Gasteiger partial charge on any atom is 0.0367 e. The predicted molar refractivity (Wildman–Crippen MR) is 121 cm³/mol. The molecule has 1 unspecified atom stereocenters. The zero-order valence-corrected chi connectivity index (χ0v) is 17.8. The van der Waals surface area contributed by atoms with Gasteiger partial charge in [0.1, 0.15) is 0 Å². The van der Waals surface area contributed by atoms with Crippen LogP contribution < -0.4 is 0 Å². The summed E-state index contributed by atoms with van der Waals surface area (Å²) in [5.41, 5.74) is 4.12. The molecular weight excluding hydrogens is 314 g/mol. The van der Waals surface area contributed by atoms with Crippen molar-refractivity contribution in [3.63, 3.8) is 0 Å². The molecule has 0 aliphatic rings. The van der Waals surface area contributed by atoms with E-state index in [1.54, 1.807) is 6.08 Å². The van der Waals surface area contributed by atoms with E-state index in [9.17, 15) is 0 Å². The highest BCUT2D eigenvalue weighted by molar-refractivity contribution is 5.48. The third kappa shape index (κ3) is 9.14. The van der Waals surface area contributed by atoms with E-state index in [0.29, 0.717) is 6.04 Å². The Hall–Kier alpha value is -2.46. The average Bonchev–Trinajstić information content (AvgIpc) is 2.65. The van der Waals surface area contributed by atoms with E-state index in [2.05, 4.69) is 56.9 Å². The van der Waals surface area contributed by atoms with Crippen molar-refractivity contribution < 1.29 is 0 Å². The molecule has 0 rings (SSSR count). The minimum Gasteiger partial charge on any atom is -0.343 e. The first-order chi connectivity index (χ1) is 12.5. The summed E-state index contributed by atoms with van der Waals surface area (Å²) in [6, 6.07) is 0.390. The molecule has 0 heterocycles. The van der Waals surface area contributed by atoms with Gasteiger partial charge in [-0.05, 0) is 63.5 Å². The highest BCUT2D eigenvalue weighted by atomic mass is 15.2. The van der Waals surface area contributed by atoms with E-state index in [4.69, 9.17) is 6.42 Å². The lowest BCUT2D eigenvalue weighted by atomic mass is 10.1. The first kappa shape index (κ1) is 25.8. The van der Waals surface area contributed by atoms with Gasteiger partial charge in [-0.25, -0.2) is 0 Å². The maximum atomic E-state index is 5.40. The fourth-order valence-corrected chi connectivity index (χ4v) is 2.35. The van der Waals surface area contributed by atoms with Gasteiger partial charge < -0.3 is 4.90 Å². The number of rotatable bonds is 9. The zero-order chi connectivity index (χ0) is 20.5. The van der Waals surface area contributed by atoms with E-state index < -0.39 is 0 Å². The lowest BCUT2D eigenvalue weighted by Gasteiger charge is -2.32. The fourth-order valence-electron chi connectivity index (χ4n) is 2.35. The third-order valence-corrected chi connectivity index (χ3v) is 3.76. The van der Waals surface area contributed by atoms with Crippen LogP contribution in [0.3, 0.4) is 0 Å². The van der Waals surface area contributed by atoms with Gasteiger partial charge in [-0.1, -0.05) is 70.2 Å². The van der Waals surface area contributed by atoms with Crippen molar-refractivity contribution in [3.05, 3.63) is 84.3 Å². The van der Waals surface area contributed by atoms with Gasteiger partial charge in [-0.15, -0.1) is 6.42 Å². The van der Waals surface area contributed by atoms with E-state index >= 15 is 0 Å². The number of hydrogen-bond donors (Lipinski definition) is 0. The van der Waals surface area contributed by atoms with Crippen molar-refractivity contribution in [1.29, 1.82) is 0 Å². The molecular formula is C25H37N. The summed E-state index contributed by atoms with van der Waals surface area (Å²) < 4.78 is 0. The van der Waals surface area contributed by atoms with Crippen molar-refractivity contribution in [2.24, 2.45) is 0 Å². The topological polar surface area (TPSA) is 3.24 Å². The lowest BCUT2D eigenvalue weighted by Crippen LogP contribution is -2.29. The first-order valence-corrected chi connectivity index (χ1v) is 9.37. The van der Waals surface area contributed by atoms with Crippen molar-refractivity contribution >= 4 is 0 Å². The summed E-state index contributed by atoms with van der Waals surface area (Å²) in [7, 11) is 0. The molecule has 0 aliphatic carbocycles. The second kappa shape index (κ2) is 16.0. The maximum absolute atomic E-state index is 5.40. The third-order valence-electron chi connectivity index (χ3n) is 3.76. The molecule has 0 amide bonds. The van der Waals surface area contributed by atoms with Crippen molar-refractivity contribution in [2.45, 2.75) is 60.9 Å². The largest absolute Gasteiger partial charge is 0.343 e. The SMILES string of the molecule is C#C/C=C(\C=C/C)C(=C)/C=C\C(=C/C)N(/C(C)=C/C=C)C(C)CC.CC. The number of hydrogen-bond acceptors (Lipinski definition) is 1. The van der Waals surface area contributed by atoms with Crippen LogP contribution in [0.4, 0.5) is 0 Å². The number of terminal acetylenes is 1. The molecule has 0 saturated carbocycles. The van der Waals surface area contributed by atoms with Crippen molar-refractivity contribution in [3.8, 4) is 12.3 Å². The summed E-state index contributed by atoms with van der Waals surface area (Å²) in [6.07, 6.45) is 22.2. The van der Waals surface area contributed by atoms with Crippen molar-refractivity contribution in [1.82, 2.24) is 4.90 Å². The summed E-state index contributed by atoms with van der Waals surface area (Å²) in [4.78, 5) is 2.31. The van der Waals surface area contributed by atoms with Crippen LogP contribution >= 0.6 is 0 Å². The molecule has 0 saturated heterocycles. The van der Waals surface area contributed by atoms with E-state index in [1.165, 1.54) is 0 Å². The average molecular weight is 352 g/mol. The minimum atomic E-state index is 0.390. The Balaban J connectivity index is 0. The smallest absolute Gasteiger partial charge is 0.0367 e. The first-order valence-electron chi connectivity index (χ1n) is 9.37. The number of allylic oxidation sites excluding steroid dienone is 11. The van der Waals surface area contributed by atoms with Crippen LogP contribution in [0, 0.1) is 12.3 Å². The second-order valence-electron chi connectivity index (χ2n) is 5.51. The highest BCUT2D eigenvalue weighted by Crippen LogP contribution is 2.22. The Morgan fingerprint density at radius 1 is 1.19 bits per heavy atom. The molecule has 0 spiro atoms. The Bertz CT molecular complexity index is 615. The molecule has 0 radical (unpaired) electrons. The van der Waals surface area contributed by atoms with Crippen LogP contribution in [-0.4, -0.2) is 10.9 Å². The monoisotopic (exact) mass is 351 g/mol. The van der Waals surface area contributed by atoms with Crippen LogP contribution in [-0.2, 0) is 0 Å². The quantitative estimate of drug-likeness (QED) is 0.310. The molecule has 1 nitrogen and oxygen atoms in total. The zero-order valence-electron chi connectivity index (χ0n) is 17.8. The Morgan fingerprint density at radius 3 is 2.23 bits per heavy atom. The molecule has 0 bridgehead atoms. The van der Waals surface area contributed by atoms with E-state index in [0.717, 1.165) is 29.0 Å². The molecule has 0 aromatic rings. The molecule has 0 aromatic carbocycles. The molecule has 142 valence electrons. The molecule has 1 heteroatoms. The molecule has 1 atom stereocenters. The fraction of sp³-hybridized carbons (Fsp3) is 0.360. The van der Waals surface area contributed by atoms with Crippen LogP contribution in [0.5, 0.6) is 0 Å². The van der Waals surface area contributed by atoms with Crippen LogP contribution in [0.15, 0.2) is 84.3 Å². The predicted octanol–water partition coefficient (Wildman–Crippen LogP) is 7.35. The standard InChI is InChI=1S/C23H31N.C2H6/c1-9-14-21(8)24(20(7)12-4)23(13-5)18-17-19(6)22(15-10-2)16-11-3;1-2/h2,9,11,13-18,20H,1,6,12H2,3-5,7-8H3;1-2H3/b16-11-,18-17-,21-14+,22-15+,23-13+;.